The van der Waals surface area contributed by atoms with Crippen LogP contribution in [0.5, 0.6) is 5.88 Å². The van der Waals surface area contributed by atoms with Gasteiger partial charge >= 0.3 is 0 Å². The Morgan fingerprint density at radius 2 is 2.03 bits per heavy atom. The molecule has 8 nitrogen and oxygen atoms in total. The van der Waals surface area contributed by atoms with E-state index in [1.807, 2.05) is 20.0 Å². The Hall–Kier alpha value is -3.99. The van der Waals surface area contributed by atoms with Crippen molar-refractivity contribution in [1.29, 1.82) is 5.26 Å². The van der Waals surface area contributed by atoms with Crippen molar-refractivity contribution < 1.29 is 4.74 Å². The summed E-state index contributed by atoms with van der Waals surface area (Å²) in [5.41, 5.74) is 6.45. The van der Waals surface area contributed by atoms with E-state index in [4.69, 9.17) is 10.00 Å². The molecule has 0 amide bonds. The van der Waals surface area contributed by atoms with Crippen LogP contribution in [0.2, 0.25) is 0 Å². The number of rotatable bonds is 7. The molecule has 0 saturated heterocycles. The molecule has 8 heteroatoms. The number of anilines is 1. The predicted molar refractivity (Wildman–Crippen MR) is 119 cm³/mol. The minimum absolute atomic E-state index is 0.328. The first-order valence-corrected chi connectivity index (χ1v) is 10.6. The molecule has 4 aromatic heterocycles. The highest BCUT2D eigenvalue weighted by atomic mass is 16.5. The molecule has 1 aliphatic carbocycles. The Balaban J connectivity index is 1.24. The number of hydrogen-bond donors (Lipinski definition) is 1. The number of hydrogen-bond acceptors (Lipinski definition) is 7. The van der Waals surface area contributed by atoms with Crippen LogP contribution in [0.1, 0.15) is 52.5 Å². The second kappa shape index (κ2) is 8.27. The fourth-order valence-electron chi connectivity index (χ4n) is 3.81. The number of nitriles is 1. The fraction of sp³-hybridized carbons (Fsp3) is 0.292. The summed E-state index contributed by atoms with van der Waals surface area (Å²) in [5, 5.41) is 12.4. The molecule has 160 valence electrons. The van der Waals surface area contributed by atoms with Crippen molar-refractivity contribution in [3.05, 3.63) is 76.8 Å². The third kappa shape index (κ3) is 4.23. The lowest BCUT2D eigenvalue weighted by Gasteiger charge is -2.12. The lowest BCUT2D eigenvalue weighted by molar-refractivity contribution is 0.289. The van der Waals surface area contributed by atoms with E-state index >= 15 is 0 Å². The normalized spacial score (nSPS) is 13.2. The molecular formula is C24H23N7O. The van der Waals surface area contributed by atoms with Crippen molar-refractivity contribution in [2.24, 2.45) is 0 Å². The number of aryl methyl sites for hydroxylation is 2. The zero-order valence-corrected chi connectivity index (χ0v) is 18.0. The van der Waals surface area contributed by atoms with Gasteiger partial charge in [0, 0.05) is 30.7 Å². The van der Waals surface area contributed by atoms with E-state index in [-0.39, 0.29) is 0 Å². The lowest BCUT2D eigenvalue weighted by atomic mass is 10.1. The molecule has 4 heterocycles. The summed E-state index contributed by atoms with van der Waals surface area (Å²) in [7, 11) is 0. The van der Waals surface area contributed by atoms with Gasteiger partial charge in [0.15, 0.2) is 0 Å². The van der Waals surface area contributed by atoms with Gasteiger partial charge in [0.1, 0.15) is 36.2 Å². The number of pyridine rings is 2. The van der Waals surface area contributed by atoms with Crippen LogP contribution in [-0.2, 0) is 13.2 Å². The van der Waals surface area contributed by atoms with Crippen LogP contribution in [0.4, 0.5) is 5.82 Å². The smallest absolute Gasteiger partial charge is 0.218 e. The molecule has 5 rings (SSSR count). The van der Waals surface area contributed by atoms with Gasteiger partial charge in [-0.25, -0.2) is 19.9 Å². The standard InChI is InChI=1S/C24H23N7O/c1-15-7-19(9-25)29-16(2)21(15)10-26-22-8-24(28-14-27-22)32-13-20-12-31-11-18(17-3-4-17)5-6-23(31)30-20/h5-8,11-12,14,17H,3-4,10,13H2,1-2H3,(H,26,27,28). The molecule has 0 unspecified atom stereocenters. The average molecular weight is 425 g/mol. The van der Waals surface area contributed by atoms with Gasteiger partial charge in [-0.05, 0) is 61.4 Å². The van der Waals surface area contributed by atoms with E-state index < -0.39 is 0 Å². The molecule has 0 aromatic carbocycles. The first-order chi connectivity index (χ1) is 15.6. The second-order valence-electron chi connectivity index (χ2n) is 8.12. The Morgan fingerprint density at radius 3 is 2.81 bits per heavy atom. The van der Waals surface area contributed by atoms with Gasteiger partial charge in [0.05, 0.1) is 5.69 Å². The Labute approximate surface area is 186 Å². The first kappa shape index (κ1) is 19.9. The van der Waals surface area contributed by atoms with Crippen LogP contribution < -0.4 is 10.1 Å². The predicted octanol–water partition coefficient (Wildman–Crippen LogP) is 4.08. The van der Waals surface area contributed by atoms with Gasteiger partial charge in [-0.1, -0.05) is 6.07 Å². The van der Waals surface area contributed by atoms with E-state index in [1.54, 1.807) is 12.1 Å². The third-order valence-electron chi connectivity index (χ3n) is 5.70. The molecule has 4 aromatic rings. The zero-order chi connectivity index (χ0) is 22.1. The zero-order valence-electron chi connectivity index (χ0n) is 18.0. The number of nitrogens with one attached hydrogen (secondary N) is 1. The van der Waals surface area contributed by atoms with Crippen LogP contribution in [0.15, 0.2) is 43.0 Å². The summed E-state index contributed by atoms with van der Waals surface area (Å²) < 4.78 is 7.93. The Bertz CT molecular complexity index is 1310. The minimum atomic E-state index is 0.328. The Kier molecular flexibility index (Phi) is 5.15. The highest BCUT2D eigenvalue weighted by Gasteiger charge is 2.23. The SMILES string of the molecule is Cc1cc(C#N)nc(C)c1CNc1cc(OCc2cn3cc(C4CC4)ccc3n2)ncn1. The van der Waals surface area contributed by atoms with Gasteiger partial charge in [-0.3, -0.25) is 0 Å². The van der Waals surface area contributed by atoms with Gasteiger partial charge in [0.2, 0.25) is 5.88 Å². The number of ether oxygens (including phenoxy) is 1. The highest BCUT2D eigenvalue weighted by Crippen LogP contribution is 2.39. The topological polar surface area (TPSA) is 101 Å². The summed E-state index contributed by atoms with van der Waals surface area (Å²) in [5.74, 6) is 1.84. The lowest BCUT2D eigenvalue weighted by Crippen LogP contribution is -2.07. The van der Waals surface area contributed by atoms with Crippen molar-refractivity contribution in [1.82, 2.24) is 24.3 Å². The van der Waals surface area contributed by atoms with E-state index in [1.165, 1.54) is 24.7 Å². The third-order valence-corrected chi connectivity index (χ3v) is 5.70. The maximum atomic E-state index is 9.06. The van der Waals surface area contributed by atoms with Crippen LogP contribution in [0.3, 0.4) is 0 Å². The summed E-state index contributed by atoms with van der Waals surface area (Å²) in [4.78, 5) is 17.4. The van der Waals surface area contributed by atoms with Gasteiger partial charge in [-0.15, -0.1) is 0 Å². The van der Waals surface area contributed by atoms with Crippen molar-refractivity contribution >= 4 is 11.5 Å². The number of nitrogens with zero attached hydrogens (tertiary/aromatic N) is 6. The molecule has 0 atom stereocenters. The molecule has 0 bridgehead atoms. The number of fused-ring (bicyclic) bond motifs is 1. The maximum absolute atomic E-state index is 9.06. The van der Waals surface area contributed by atoms with Crippen molar-refractivity contribution in [3.8, 4) is 11.9 Å². The molecule has 0 radical (unpaired) electrons. The minimum Gasteiger partial charge on any atom is -0.471 e. The number of imidazole rings is 1. The monoisotopic (exact) mass is 425 g/mol. The molecule has 1 saturated carbocycles. The van der Waals surface area contributed by atoms with E-state index in [0.29, 0.717) is 36.5 Å². The summed E-state index contributed by atoms with van der Waals surface area (Å²) in [6.45, 7) is 4.75. The van der Waals surface area contributed by atoms with Crippen molar-refractivity contribution in [3.63, 3.8) is 0 Å². The molecule has 1 aliphatic rings. The Morgan fingerprint density at radius 1 is 1.16 bits per heavy atom. The molecule has 1 N–H and O–H groups in total. The van der Waals surface area contributed by atoms with Crippen LogP contribution in [0.25, 0.3) is 5.65 Å². The van der Waals surface area contributed by atoms with Crippen molar-refractivity contribution in [2.75, 3.05) is 5.32 Å². The highest BCUT2D eigenvalue weighted by molar-refractivity contribution is 5.43. The quantitative estimate of drug-likeness (QED) is 0.476. The largest absolute Gasteiger partial charge is 0.471 e. The summed E-state index contributed by atoms with van der Waals surface area (Å²) in [6, 6.07) is 9.88. The van der Waals surface area contributed by atoms with E-state index in [2.05, 4.69) is 54.1 Å². The molecular weight excluding hydrogens is 402 g/mol. The van der Waals surface area contributed by atoms with Crippen molar-refractivity contribution in [2.45, 2.75) is 45.8 Å². The number of aromatic nitrogens is 5. The second-order valence-corrected chi connectivity index (χ2v) is 8.12. The summed E-state index contributed by atoms with van der Waals surface area (Å²) in [6.07, 6.45) is 8.20. The first-order valence-electron chi connectivity index (χ1n) is 10.6. The fourth-order valence-corrected chi connectivity index (χ4v) is 3.81. The van der Waals surface area contributed by atoms with Gasteiger partial charge < -0.3 is 14.5 Å². The van der Waals surface area contributed by atoms with Crippen LogP contribution in [0, 0.1) is 25.2 Å². The van der Waals surface area contributed by atoms with E-state index in [9.17, 15) is 0 Å². The molecule has 0 spiro atoms. The molecule has 0 aliphatic heterocycles. The van der Waals surface area contributed by atoms with E-state index in [0.717, 1.165) is 28.2 Å². The van der Waals surface area contributed by atoms with Gasteiger partial charge in [-0.2, -0.15) is 5.26 Å². The average Bonchev–Trinajstić information content (AvgIpc) is 3.56. The van der Waals surface area contributed by atoms with Gasteiger partial charge in [0.25, 0.3) is 0 Å². The van der Waals surface area contributed by atoms with Crippen LogP contribution in [-0.4, -0.2) is 24.3 Å². The summed E-state index contributed by atoms with van der Waals surface area (Å²) >= 11 is 0. The maximum Gasteiger partial charge on any atom is 0.218 e. The molecule has 1 fully saturated rings. The molecule has 32 heavy (non-hydrogen) atoms. The van der Waals surface area contributed by atoms with Crippen LogP contribution >= 0.6 is 0 Å².